The number of hydrogen-bond donors (Lipinski definition) is 0. The molecule has 1 saturated heterocycles. The van der Waals surface area contributed by atoms with Crippen molar-refractivity contribution >= 4 is 6.09 Å². The summed E-state index contributed by atoms with van der Waals surface area (Å²) in [6.45, 7) is 3.64. The second-order valence-corrected chi connectivity index (χ2v) is 3.48. The van der Waals surface area contributed by atoms with Crippen molar-refractivity contribution in [1.29, 1.82) is 0 Å². The van der Waals surface area contributed by atoms with Gasteiger partial charge in [-0.1, -0.05) is 0 Å². The Morgan fingerprint density at radius 1 is 1.69 bits per heavy atom. The van der Waals surface area contributed by atoms with Crippen LogP contribution in [0, 0.1) is 0 Å². The van der Waals surface area contributed by atoms with Crippen LogP contribution in [0.4, 0.5) is 4.79 Å². The molecule has 1 aliphatic heterocycles. The number of amides is 1. The molecule has 76 valence electrons. The van der Waals surface area contributed by atoms with Gasteiger partial charge in [0.1, 0.15) is 0 Å². The largest absolute Gasteiger partial charge is 0.430 e. The first kappa shape index (κ1) is 10.3. The van der Waals surface area contributed by atoms with E-state index in [-0.39, 0.29) is 12.3 Å². The van der Waals surface area contributed by atoms with Crippen LogP contribution < -0.4 is 0 Å². The van der Waals surface area contributed by atoms with Gasteiger partial charge in [-0.05, 0) is 26.8 Å². The van der Waals surface area contributed by atoms with E-state index in [1.54, 1.807) is 11.9 Å². The Morgan fingerprint density at radius 3 is 2.85 bits per heavy atom. The Kier molecular flexibility index (Phi) is 3.54. The number of likely N-dealkylation sites (tertiary alicyclic amines) is 1. The molecule has 4 heteroatoms. The van der Waals surface area contributed by atoms with E-state index >= 15 is 0 Å². The SMILES string of the molecule is CCN(C)C(=O)OC1CCCN1C. The van der Waals surface area contributed by atoms with Crippen LogP contribution in [-0.2, 0) is 4.74 Å². The molecule has 0 aromatic rings. The number of ether oxygens (including phenoxy) is 1. The van der Waals surface area contributed by atoms with E-state index in [1.165, 1.54) is 0 Å². The van der Waals surface area contributed by atoms with Crippen LogP contribution in [0.2, 0.25) is 0 Å². The van der Waals surface area contributed by atoms with E-state index in [2.05, 4.69) is 4.90 Å². The molecule has 0 aromatic carbocycles. The van der Waals surface area contributed by atoms with Crippen molar-refractivity contribution in [3.63, 3.8) is 0 Å². The summed E-state index contributed by atoms with van der Waals surface area (Å²) >= 11 is 0. The lowest BCUT2D eigenvalue weighted by Crippen LogP contribution is -2.35. The summed E-state index contributed by atoms with van der Waals surface area (Å²) in [5.41, 5.74) is 0. The predicted molar refractivity (Wildman–Crippen MR) is 50.4 cm³/mol. The number of carbonyl (C=O) groups is 1. The van der Waals surface area contributed by atoms with Gasteiger partial charge in [0.25, 0.3) is 0 Å². The fraction of sp³-hybridized carbons (Fsp3) is 0.889. The molecule has 13 heavy (non-hydrogen) atoms. The molecule has 1 fully saturated rings. The average Bonchev–Trinajstić information content (AvgIpc) is 2.50. The van der Waals surface area contributed by atoms with Crippen LogP contribution in [0.3, 0.4) is 0 Å². The van der Waals surface area contributed by atoms with Crippen molar-refractivity contribution in [2.75, 3.05) is 27.2 Å². The molecule has 0 aromatic heterocycles. The van der Waals surface area contributed by atoms with Crippen molar-refractivity contribution in [2.24, 2.45) is 0 Å². The summed E-state index contributed by atoms with van der Waals surface area (Å²) in [6.07, 6.45) is 1.84. The van der Waals surface area contributed by atoms with Gasteiger partial charge in [0.15, 0.2) is 6.23 Å². The van der Waals surface area contributed by atoms with Crippen molar-refractivity contribution in [1.82, 2.24) is 9.80 Å². The van der Waals surface area contributed by atoms with E-state index in [9.17, 15) is 4.79 Å². The van der Waals surface area contributed by atoms with Gasteiger partial charge in [0.2, 0.25) is 0 Å². The molecule has 1 unspecified atom stereocenters. The normalized spacial score (nSPS) is 23.2. The first-order valence-electron chi connectivity index (χ1n) is 4.77. The van der Waals surface area contributed by atoms with Gasteiger partial charge in [-0.2, -0.15) is 0 Å². The quantitative estimate of drug-likeness (QED) is 0.648. The lowest BCUT2D eigenvalue weighted by molar-refractivity contribution is 0.00989. The molecule has 0 aliphatic carbocycles. The van der Waals surface area contributed by atoms with E-state index in [0.717, 1.165) is 19.4 Å². The first-order chi connectivity index (χ1) is 6.15. The molecule has 0 N–H and O–H groups in total. The Bertz CT molecular complexity index is 184. The summed E-state index contributed by atoms with van der Waals surface area (Å²) in [5.74, 6) is 0. The molecule has 0 radical (unpaired) electrons. The van der Waals surface area contributed by atoms with Gasteiger partial charge < -0.3 is 9.64 Å². The zero-order chi connectivity index (χ0) is 9.84. The summed E-state index contributed by atoms with van der Waals surface area (Å²) in [7, 11) is 3.73. The van der Waals surface area contributed by atoms with Crippen LogP contribution in [0.1, 0.15) is 19.8 Å². The topological polar surface area (TPSA) is 32.8 Å². The molecule has 1 amide bonds. The molecule has 0 spiro atoms. The predicted octanol–water partition coefficient (Wildman–Crippen LogP) is 1.13. The second-order valence-electron chi connectivity index (χ2n) is 3.48. The van der Waals surface area contributed by atoms with Crippen molar-refractivity contribution in [2.45, 2.75) is 26.0 Å². The smallest absolute Gasteiger partial charge is 0.411 e. The summed E-state index contributed by atoms with van der Waals surface area (Å²) in [4.78, 5) is 15.0. The van der Waals surface area contributed by atoms with Gasteiger partial charge in [-0.25, -0.2) is 4.79 Å². The minimum Gasteiger partial charge on any atom is -0.430 e. The van der Waals surface area contributed by atoms with E-state index in [4.69, 9.17) is 4.74 Å². The molecular formula is C9H18N2O2. The lowest BCUT2D eigenvalue weighted by Gasteiger charge is -2.22. The highest BCUT2D eigenvalue weighted by Crippen LogP contribution is 2.16. The van der Waals surface area contributed by atoms with Crippen molar-refractivity contribution in [3.05, 3.63) is 0 Å². The highest BCUT2D eigenvalue weighted by molar-refractivity contribution is 5.67. The van der Waals surface area contributed by atoms with Gasteiger partial charge >= 0.3 is 6.09 Å². The van der Waals surface area contributed by atoms with Crippen molar-refractivity contribution < 1.29 is 9.53 Å². The fourth-order valence-electron chi connectivity index (χ4n) is 1.36. The molecule has 0 bridgehead atoms. The van der Waals surface area contributed by atoms with Crippen LogP contribution >= 0.6 is 0 Å². The first-order valence-corrected chi connectivity index (χ1v) is 4.77. The molecular weight excluding hydrogens is 168 g/mol. The Balaban J connectivity index is 2.35. The van der Waals surface area contributed by atoms with Gasteiger partial charge in [-0.15, -0.1) is 0 Å². The maximum absolute atomic E-state index is 11.4. The zero-order valence-electron chi connectivity index (χ0n) is 8.62. The Labute approximate surface area is 79.4 Å². The number of nitrogens with zero attached hydrogens (tertiary/aromatic N) is 2. The second kappa shape index (κ2) is 4.46. The molecule has 1 aliphatic rings. The number of carbonyl (C=O) groups excluding carboxylic acids is 1. The van der Waals surface area contributed by atoms with Gasteiger partial charge in [0.05, 0.1) is 0 Å². The Hall–Kier alpha value is -0.770. The van der Waals surface area contributed by atoms with Crippen molar-refractivity contribution in [3.8, 4) is 0 Å². The van der Waals surface area contributed by atoms with E-state index in [1.807, 2.05) is 14.0 Å². The molecule has 1 atom stereocenters. The van der Waals surface area contributed by atoms with Crippen LogP contribution in [0.15, 0.2) is 0 Å². The van der Waals surface area contributed by atoms with Gasteiger partial charge in [0, 0.05) is 20.1 Å². The maximum atomic E-state index is 11.4. The highest BCUT2D eigenvalue weighted by atomic mass is 16.6. The average molecular weight is 186 g/mol. The third-order valence-electron chi connectivity index (χ3n) is 2.48. The monoisotopic (exact) mass is 186 g/mol. The standard InChI is InChI=1S/C9H18N2O2/c1-4-10(2)9(12)13-8-6-5-7-11(8)3/h8H,4-7H2,1-3H3. The fourth-order valence-corrected chi connectivity index (χ4v) is 1.36. The molecule has 1 heterocycles. The minimum absolute atomic E-state index is 0.0125. The third kappa shape index (κ3) is 2.59. The van der Waals surface area contributed by atoms with Crippen LogP contribution in [-0.4, -0.2) is 49.3 Å². The van der Waals surface area contributed by atoms with E-state index in [0.29, 0.717) is 6.54 Å². The third-order valence-corrected chi connectivity index (χ3v) is 2.48. The minimum atomic E-state index is -0.221. The van der Waals surface area contributed by atoms with Gasteiger partial charge in [-0.3, -0.25) is 4.90 Å². The maximum Gasteiger partial charge on any atom is 0.411 e. The summed E-state index contributed by atoms with van der Waals surface area (Å²) in [6, 6.07) is 0. The number of hydrogen-bond acceptors (Lipinski definition) is 3. The van der Waals surface area contributed by atoms with E-state index < -0.39 is 0 Å². The summed E-state index contributed by atoms with van der Waals surface area (Å²) < 4.78 is 5.29. The molecule has 0 saturated carbocycles. The number of rotatable bonds is 2. The molecule has 4 nitrogen and oxygen atoms in total. The zero-order valence-corrected chi connectivity index (χ0v) is 8.62. The lowest BCUT2D eigenvalue weighted by atomic mass is 10.4. The highest BCUT2D eigenvalue weighted by Gasteiger charge is 2.25. The summed E-state index contributed by atoms with van der Waals surface area (Å²) in [5, 5.41) is 0. The van der Waals surface area contributed by atoms with Crippen LogP contribution in [0.25, 0.3) is 0 Å². The van der Waals surface area contributed by atoms with Crippen LogP contribution in [0.5, 0.6) is 0 Å². The Morgan fingerprint density at radius 2 is 2.38 bits per heavy atom. The molecule has 1 rings (SSSR count).